The van der Waals surface area contributed by atoms with Crippen molar-refractivity contribution in [2.75, 3.05) is 18.9 Å². The van der Waals surface area contributed by atoms with E-state index in [1.165, 1.54) is 19.2 Å². The Labute approximate surface area is 100 Å². The summed E-state index contributed by atoms with van der Waals surface area (Å²) in [6.07, 6.45) is -7.18. The normalized spacial score (nSPS) is 12.9. The summed E-state index contributed by atoms with van der Waals surface area (Å²) < 4.78 is 36.0. The summed E-state index contributed by atoms with van der Waals surface area (Å²) in [6, 6.07) is 2.59. The number of aliphatic hydroxyl groups is 1. The SMILES string of the molecule is CNC(=O)c1ccc(NCC(O)C(F)(F)F)nn1. The van der Waals surface area contributed by atoms with Crippen molar-refractivity contribution in [3.05, 3.63) is 17.8 Å². The van der Waals surface area contributed by atoms with Crippen LogP contribution in [0.25, 0.3) is 0 Å². The van der Waals surface area contributed by atoms with Crippen molar-refractivity contribution in [2.24, 2.45) is 0 Å². The first-order valence-electron chi connectivity index (χ1n) is 4.89. The third-order valence-corrected chi connectivity index (χ3v) is 1.98. The van der Waals surface area contributed by atoms with Crippen molar-refractivity contribution in [1.29, 1.82) is 0 Å². The van der Waals surface area contributed by atoms with Crippen LogP contribution in [0.4, 0.5) is 19.0 Å². The minimum Gasteiger partial charge on any atom is -0.382 e. The molecule has 18 heavy (non-hydrogen) atoms. The quantitative estimate of drug-likeness (QED) is 0.721. The Morgan fingerprint density at radius 3 is 2.56 bits per heavy atom. The van der Waals surface area contributed by atoms with Gasteiger partial charge in [0.15, 0.2) is 11.8 Å². The molecule has 0 aliphatic heterocycles. The predicted molar refractivity (Wildman–Crippen MR) is 56.0 cm³/mol. The van der Waals surface area contributed by atoms with E-state index in [0.717, 1.165) is 0 Å². The number of halogens is 3. The Balaban J connectivity index is 2.57. The van der Waals surface area contributed by atoms with Crippen LogP contribution in [0, 0.1) is 0 Å². The van der Waals surface area contributed by atoms with Gasteiger partial charge < -0.3 is 15.7 Å². The molecule has 1 amide bonds. The summed E-state index contributed by atoms with van der Waals surface area (Å²) in [7, 11) is 1.41. The first-order chi connectivity index (χ1) is 8.34. The highest BCUT2D eigenvalue weighted by Gasteiger charge is 2.37. The van der Waals surface area contributed by atoms with Gasteiger partial charge in [0.05, 0.1) is 6.54 Å². The molecule has 0 aliphatic rings. The number of amides is 1. The van der Waals surface area contributed by atoms with E-state index < -0.39 is 24.7 Å². The van der Waals surface area contributed by atoms with E-state index in [-0.39, 0.29) is 11.5 Å². The highest BCUT2D eigenvalue weighted by Crippen LogP contribution is 2.20. The molecule has 9 heteroatoms. The monoisotopic (exact) mass is 264 g/mol. The number of aromatic nitrogens is 2. The molecule has 1 atom stereocenters. The molecule has 0 aromatic carbocycles. The van der Waals surface area contributed by atoms with Crippen LogP contribution >= 0.6 is 0 Å². The molecule has 0 fully saturated rings. The van der Waals surface area contributed by atoms with Crippen molar-refractivity contribution < 1.29 is 23.1 Å². The first-order valence-corrected chi connectivity index (χ1v) is 4.89. The van der Waals surface area contributed by atoms with E-state index in [9.17, 15) is 18.0 Å². The second-order valence-corrected chi connectivity index (χ2v) is 3.32. The molecule has 3 N–H and O–H groups in total. The van der Waals surface area contributed by atoms with E-state index in [1.54, 1.807) is 0 Å². The smallest absolute Gasteiger partial charge is 0.382 e. The van der Waals surface area contributed by atoms with Crippen LogP contribution in [0.2, 0.25) is 0 Å². The zero-order valence-electron chi connectivity index (χ0n) is 9.32. The maximum absolute atomic E-state index is 12.0. The molecule has 6 nitrogen and oxygen atoms in total. The van der Waals surface area contributed by atoms with E-state index in [0.29, 0.717) is 0 Å². The van der Waals surface area contributed by atoms with Crippen molar-refractivity contribution in [2.45, 2.75) is 12.3 Å². The fraction of sp³-hybridized carbons (Fsp3) is 0.444. The zero-order valence-corrected chi connectivity index (χ0v) is 9.32. The number of aliphatic hydroxyl groups excluding tert-OH is 1. The highest BCUT2D eigenvalue weighted by atomic mass is 19.4. The Morgan fingerprint density at radius 1 is 1.44 bits per heavy atom. The number of hydrogen-bond acceptors (Lipinski definition) is 5. The molecule has 0 radical (unpaired) electrons. The number of nitrogens with one attached hydrogen (secondary N) is 2. The predicted octanol–water partition coefficient (Wildman–Crippen LogP) is 0.171. The Kier molecular flexibility index (Phi) is 4.43. The van der Waals surface area contributed by atoms with Gasteiger partial charge in [0, 0.05) is 7.05 Å². The van der Waals surface area contributed by atoms with Crippen LogP contribution in [0.1, 0.15) is 10.5 Å². The molecule has 1 aromatic heterocycles. The number of nitrogens with zero attached hydrogens (tertiary/aromatic N) is 2. The summed E-state index contributed by atoms with van der Waals surface area (Å²) in [5.74, 6) is -0.421. The first kappa shape index (κ1) is 14.2. The number of alkyl halides is 3. The van der Waals surface area contributed by atoms with Crippen LogP contribution < -0.4 is 10.6 Å². The summed E-state index contributed by atoms with van der Waals surface area (Å²) >= 11 is 0. The zero-order chi connectivity index (χ0) is 13.8. The molecular formula is C9H11F3N4O2. The van der Waals surface area contributed by atoms with Gasteiger partial charge in [0.1, 0.15) is 5.82 Å². The van der Waals surface area contributed by atoms with Crippen molar-refractivity contribution in [3.8, 4) is 0 Å². The highest BCUT2D eigenvalue weighted by molar-refractivity contribution is 5.91. The second-order valence-electron chi connectivity index (χ2n) is 3.32. The molecule has 0 aliphatic carbocycles. The Hall–Kier alpha value is -1.90. The third kappa shape index (κ3) is 3.84. The van der Waals surface area contributed by atoms with Gasteiger partial charge in [-0.25, -0.2) is 0 Å². The average molecular weight is 264 g/mol. The standard InChI is InChI=1S/C9H11F3N4O2/c1-13-8(18)5-2-3-7(16-15-5)14-4-6(17)9(10,11)12/h2-3,6,17H,4H2,1H3,(H,13,18)(H,14,16). The summed E-state index contributed by atoms with van der Waals surface area (Å²) in [5, 5.41) is 20.3. The molecular weight excluding hydrogens is 253 g/mol. The third-order valence-electron chi connectivity index (χ3n) is 1.98. The number of rotatable bonds is 4. The molecule has 0 bridgehead atoms. The lowest BCUT2D eigenvalue weighted by atomic mass is 10.3. The number of anilines is 1. The molecule has 1 rings (SSSR count). The van der Waals surface area contributed by atoms with Gasteiger partial charge in [0.2, 0.25) is 0 Å². The maximum atomic E-state index is 12.0. The van der Waals surface area contributed by atoms with Crippen molar-refractivity contribution in [1.82, 2.24) is 15.5 Å². The van der Waals surface area contributed by atoms with Gasteiger partial charge >= 0.3 is 6.18 Å². The molecule has 1 aromatic rings. The largest absolute Gasteiger partial charge is 0.416 e. The molecule has 100 valence electrons. The van der Waals surface area contributed by atoms with Crippen molar-refractivity contribution >= 4 is 11.7 Å². The molecule has 0 saturated carbocycles. The van der Waals surface area contributed by atoms with Crippen LogP contribution in [0.3, 0.4) is 0 Å². The van der Waals surface area contributed by atoms with Crippen LogP contribution in [0.15, 0.2) is 12.1 Å². The van der Waals surface area contributed by atoms with E-state index in [2.05, 4.69) is 20.8 Å². The summed E-state index contributed by atoms with van der Waals surface area (Å²) in [6.45, 7) is -0.739. The van der Waals surface area contributed by atoms with Gasteiger partial charge in [-0.05, 0) is 12.1 Å². The lowest BCUT2D eigenvalue weighted by Crippen LogP contribution is -2.35. The van der Waals surface area contributed by atoms with Gasteiger partial charge in [-0.2, -0.15) is 13.2 Å². The van der Waals surface area contributed by atoms with E-state index in [1.807, 2.05) is 0 Å². The Morgan fingerprint density at radius 2 is 2.11 bits per heavy atom. The van der Waals surface area contributed by atoms with Crippen LogP contribution in [-0.4, -0.2) is 47.1 Å². The van der Waals surface area contributed by atoms with Gasteiger partial charge in [-0.15, -0.1) is 10.2 Å². The van der Waals surface area contributed by atoms with Crippen LogP contribution in [-0.2, 0) is 0 Å². The topological polar surface area (TPSA) is 87.1 Å². The molecule has 0 saturated heterocycles. The molecule has 1 unspecified atom stereocenters. The fourth-order valence-electron chi connectivity index (χ4n) is 0.993. The van der Waals surface area contributed by atoms with E-state index >= 15 is 0 Å². The summed E-state index contributed by atoms with van der Waals surface area (Å²) in [4.78, 5) is 11.1. The Bertz CT molecular complexity index is 407. The van der Waals surface area contributed by atoms with Crippen LogP contribution in [0.5, 0.6) is 0 Å². The molecule has 0 spiro atoms. The van der Waals surface area contributed by atoms with E-state index in [4.69, 9.17) is 5.11 Å². The fourth-order valence-corrected chi connectivity index (χ4v) is 0.993. The van der Waals surface area contributed by atoms with Gasteiger partial charge in [0.25, 0.3) is 5.91 Å². The second kappa shape index (κ2) is 5.63. The van der Waals surface area contributed by atoms with Crippen molar-refractivity contribution in [3.63, 3.8) is 0 Å². The molecule has 1 heterocycles. The maximum Gasteiger partial charge on any atom is 0.416 e. The minimum absolute atomic E-state index is 0.0333. The minimum atomic E-state index is -4.69. The number of hydrogen-bond donors (Lipinski definition) is 3. The van der Waals surface area contributed by atoms with Gasteiger partial charge in [-0.1, -0.05) is 0 Å². The lowest BCUT2D eigenvalue weighted by Gasteiger charge is -2.14. The summed E-state index contributed by atoms with van der Waals surface area (Å²) in [5.41, 5.74) is 0.0411. The number of carbonyl (C=O) groups is 1. The number of carbonyl (C=O) groups excluding carboxylic acids is 1. The van der Waals surface area contributed by atoms with Gasteiger partial charge in [-0.3, -0.25) is 4.79 Å². The lowest BCUT2D eigenvalue weighted by molar-refractivity contribution is -0.198. The average Bonchev–Trinajstić information content (AvgIpc) is 2.34.